The molecule has 0 amide bonds. The number of methoxy groups -OCH3 is 1. The Morgan fingerprint density at radius 3 is 2.71 bits per heavy atom. The van der Waals surface area contributed by atoms with Gasteiger partial charge >= 0.3 is 5.97 Å². The van der Waals surface area contributed by atoms with E-state index in [-0.39, 0.29) is 0 Å². The van der Waals surface area contributed by atoms with Gasteiger partial charge in [-0.15, -0.1) is 0 Å². The maximum absolute atomic E-state index is 11.4. The van der Waals surface area contributed by atoms with E-state index >= 15 is 0 Å². The number of ether oxygens (including phenoxy) is 2. The second kappa shape index (κ2) is 6.97. The highest BCUT2D eigenvalue weighted by atomic mass is 16.5. The number of carboxylic acid groups (broad SMARTS) is 1. The summed E-state index contributed by atoms with van der Waals surface area (Å²) in [5.74, 6) is -0.0751. The SMILES string of the molecule is CCC1CCC(CCOCCOC)(C(=O)O)C1. The van der Waals surface area contributed by atoms with Crippen molar-refractivity contribution in [1.29, 1.82) is 0 Å². The highest BCUT2D eigenvalue weighted by Crippen LogP contribution is 2.45. The van der Waals surface area contributed by atoms with Crippen molar-refractivity contribution in [2.75, 3.05) is 26.9 Å². The van der Waals surface area contributed by atoms with Gasteiger partial charge in [-0.2, -0.15) is 0 Å². The Bertz CT molecular complexity index is 242. The largest absolute Gasteiger partial charge is 0.481 e. The van der Waals surface area contributed by atoms with Crippen LogP contribution in [0.1, 0.15) is 39.0 Å². The zero-order chi connectivity index (χ0) is 12.7. The van der Waals surface area contributed by atoms with E-state index in [1.165, 1.54) is 0 Å². The fourth-order valence-corrected chi connectivity index (χ4v) is 2.63. The Morgan fingerprint density at radius 1 is 1.41 bits per heavy atom. The molecular weight excluding hydrogens is 220 g/mol. The van der Waals surface area contributed by atoms with Crippen LogP contribution in [0.25, 0.3) is 0 Å². The molecular formula is C13H24O4. The van der Waals surface area contributed by atoms with E-state index in [0.717, 1.165) is 25.7 Å². The van der Waals surface area contributed by atoms with Gasteiger partial charge < -0.3 is 14.6 Å². The average Bonchev–Trinajstić information content (AvgIpc) is 2.74. The van der Waals surface area contributed by atoms with Crippen molar-refractivity contribution in [3.05, 3.63) is 0 Å². The second-order valence-corrected chi connectivity index (χ2v) is 4.96. The van der Waals surface area contributed by atoms with Crippen LogP contribution in [0.15, 0.2) is 0 Å². The summed E-state index contributed by atoms with van der Waals surface area (Å²) >= 11 is 0. The molecule has 0 saturated heterocycles. The zero-order valence-electron chi connectivity index (χ0n) is 10.9. The Hall–Kier alpha value is -0.610. The van der Waals surface area contributed by atoms with Gasteiger partial charge in [0, 0.05) is 13.7 Å². The Kier molecular flexibility index (Phi) is 5.92. The molecule has 0 aromatic carbocycles. The average molecular weight is 244 g/mol. The third-order valence-electron chi connectivity index (χ3n) is 3.90. The first-order valence-corrected chi connectivity index (χ1v) is 6.44. The second-order valence-electron chi connectivity index (χ2n) is 4.96. The van der Waals surface area contributed by atoms with E-state index < -0.39 is 11.4 Å². The van der Waals surface area contributed by atoms with E-state index in [1.807, 2.05) is 0 Å². The molecule has 1 fully saturated rings. The van der Waals surface area contributed by atoms with Crippen LogP contribution in [-0.4, -0.2) is 38.0 Å². The smallest absolute Gasteiger partial charge is 0.309 e. The minimum atomic E-state index is -0.649. The quantitative estimate of drug-likeness (QED) is 0.666. The van der Waals surface area contributed by atoms with Crippen LogP contribution in [0.3, 0.4) is 0 Å². The molecule has 0 spiro atoms. The van der Waals surface area contributed by atoms with Crippen LogP contribution in [-0.2, 0) is 14.3 Å². The highest BCUT2D eigenvalue weighted by molar-refractivity contribution is 5.75. The summed E-state index contributed by atoms with van der Waals surface area (Å²) in [6, 6.07) is 0. The Morgan fingerprint density at radius 2 is 2.18 bits per heavy atom. The number of carbonyl (C=O) groups is 1. The van der Waals surface area contributed by atoms with E-state index in [4.69, 9.17) is 9.47 Å². The molecule has 1 rings (SSSR count). The molecule has 0 aliphatic heterocycles. The molecule has 100 valence electrons. The number of rotatable bonds is 8. The number of hydrogen-bond acceptors (Lipinski definition) is 3. The van der Waals surface area contributed by atoms with Crippen LogP contribution in [0.2, 0.25) is 0 Å². The summed E-state index contributed by atoms with van der Waals surface area (Å²) < 4.78 is 10.3. The maximum atomic E-state index is 11.4. The van der Waals surface area contributed by atoms with Crippen molar-refractivity contribution >= 4 is 5.97 Å². The van der Waals surface area contributed by atoms with Crippen molar-refractivity contribution in [3.8, 4) is 0 Å². The number of carboxylic acids is 1. The van der Waals surface area contributed by atoms with Crippen LogP contribution in [0.5, 0.6) is 0 Å². The molecule has 0 aromatic rings. The predicted molar refractivity (Wildman–Crippen MR) is 65.0 cm³/mol. The molecule has 17 heavy (non-hydrogen) atoms. The Balaban J connectivity index is 2.37. The molecule has 1 N–H and O–H groups in total. The molecule has 1 aliphatic carbocycles. The number of aliphatic carboxylic acids is 1. The first-order valence-electron chi connectivity index (χ1n) is 6.44. The number of hydrogen-bond donors (Lipinski definition) is 1. The first kappa shape index (κ1) is 14.5. The monoisotopic (exact) mass is 244 g/mol. The van der Waals surface area contributed by atoms with E-state index in [0.29, 0.717) is 32.2 Å². The fourth-order valence-electron chi connectivity index (χ4n) is 2.63. The first-order chi connectivity index (χ1) is 8.14. The van der Waals surface area contributed by atoms with Gasteiger partial charge in [-0.3, -0.25) is 4.79 Å². The fraction of sp³-hybridized carbons (Fsp3) is 0.923. The minimum absolute atomic E-state index is 0.520. The molecule has 2 atom stereocenters. The van der Waals surface area contributed by atoms with Crippen molar-refractivity contribution in [3.63, 3.8) is 0 Å². The van der Waals surface area contributed by atoms with Crippen molar-refractivity contribution in [2.24, 2.45) is 11.3 Å². The van der Waals surface area contributed by atoms with Gasteiger partial charge in [-0.1, -0.05) is 13.3 Å². The maximum Gasteiger partial charge on any atom is 0.309 e. The minimum Gasteiger partial charge on any atom is -0.481 e. The zero-order valence-corrected chi connectivity index (χ0v) is 10.9. The van der Waals surface area contributed by atoms with Gasteiger partial charge in [0.1, 0.15) is 0 Å². The van der Waals surface area contributed by atoms with Crippen LogP contribution in [0, 0.1) is 11.3 Å². The van der Waals surface area contributed by atoms with Gasteiger partial charge in [-0.25, -0.2) is 0 Å². The molecule has 0 radical (unpaired) electrons. The van der Waals surface area contributed by atoms with Crippen molar-refractivity contribution in [2.45, 2.75) is 39.0 Å². The van der Waals surface area contributed by atoms with Crippen LogP contribution < -0.4 is 0 Å². The summed E-state index contributed by atoms with van der Waals surface area (Å²) in [7, 11) is 1.63. The predicted octanol–water partition coefficient (Wildman–Crippen LogP) is 2.32. The lowest BCUT2D eigenvalue weighted by molar-refractivity contribution is -0.150. The third kappa shape index (κ3) is 3.96. The molecule has 2 unspecified atom stereocenters. The van der Waals surface area contributed by atoms with Crippen LogP contribution >= 0.6 is 0 Å². The third-order valence-corrected chi connectivity index (χ3v) is 3.90. The highest BCUT2D eigenvalue weighted by Gasteiger charge is 2.44. The summed E-state index contributed by atoms with van der Waals surface area (Å²) in [5.41, 5.74) is -0.534. The lowest BCUT2D eigenvalue weighted by Crippen LogP contribution is -2.30. The standard InChI is InChI=1S/C13H24O4/c1-3-11-4-5-13(10-11,12(14)15)6-7-17-9-8-16-2/h11H,3-10H2,1-2H3,(H,14,15). The Labute approximate surface area is 103 Å². The topological polar surface area (TPSA) is 55.8 Å². The summed E-state index contributed by atoms with van der Waals surface area (Å²) in [4.78, 5) is 11.4. The molecule has 1 saturated carbocycles. The lowest BCUT2D eigenvalue weighted by Gasteiger charge is -2.24. The molecule has 4 nitrogen and oxygen atoms in total. The van der Waals surface area contributed by atoms with Gasteiger partial charge in [-0.05, 0) is 31.6 Å². The molecule has 1 aliphatic rings. The van der Waals surface area contributed by atoms with E-state index in [1.54, 1.807) is 7.11 Å². The summed E-state index contributed by atoms with van der Waals surface area (Å²) in [6.07, 6.45) is 4.37. The van der Waals surface area contributed by atoms with Gasteiger partial charge in [0.2, 0.25) is 0 Å². The van der Waals surface area contributed by atoms with Crippen molar-refractivity contribution < 1.29 is 19.4 Å². The van der Waals surface area contributed by atoms with Gasteiger partial charge in [0.15, 0.2) is 0 Å². The summed E-state index contributed by atoms with van der Waals surface area (Å²) in [6.45, 7) is 3.77. The van der Waals surface area contributed by atoms with Crippen molar-refractivity contribution in [1.82, 2.24) is 0 Å². The van der Waals surface area contributed by atoms with E-state index in [9.17, 15) is 9.90 Å². The molecule has 0 bridgehead atoms. The van der Waals surface area contributed by atoms with Crippen LogP contribution in [0.4, 0.5) is 0 Å². The van der Waals surface area contributed by atoms with Gasteiger partial charge in [0.05, 0.1) is 18.6 Å². The summed E-state index contributed by atoms with van der Waals surface area (Å²) in [5, 5.41) is 9.40. The van der Waals surface area contributed by atoms with Gasteiger partial charge in [0.25, 0.3) is 0 Å². The molecule has 0 aromatic heterocycles. The molecule has 0 heterocycles. The molecule has 4 heteroatoms. The normalized spacial score (nSPS) is 28.5. The lowest BCUT2D eigenvalue weighted by atomic mass is 9.82. The van der Waals surface area contributed by atoms with E-state index in [2.05, 4.69) is 6.92 Å².